The molecular weight excluding hydrogens is 311 g/mol. The highest BCUT2D eigenvalue weighted by molar-refractivity contribution is 5.77. The molecule has 0 atom stereocenters. The molecule has 0 radical (unpaired) electrons. The third-order valence-corrected chi connectivity index (χ3v) is 3.49. The van der Waals surface area contributed by atoms with E-state index in [4.69, 9.17) is 9.15 Å². The van der Waals surface area contributed by atoms with E-state index in [1.807, 2.05) is 18.2 Å². The fraction of sp³-hybridized carbons (Fsp3) is 0.222. The predicted octanol–water partition coefficient (Wildman–Crippen LogP) is 3.01. The molecule has 1 aromatic heterocycles. The quantitative estimate of drug-likeness (QED) is 0.755. The molecule has 6 heteroatoms. The Balaban J connectivity index is 1.46. The lowest BCUT2D eigenvalue weighted by Gasteiger charge is -2.08. The van der Waals surface area contributed by atoms with E-state index < -0.39 is 5.82 Å². The number of amides is 1. The summed E-state index contributed by atoms with van der Waals surface area (Å²) < 4.78 is 23.9. The van der Waals surface area contributed by atoms with Crippen molar-refractivity contribution < 1.29 is 18.3 Å². The molecule has 1 heterocycles. The number of nitrogens with zero attached hydrogens (tertiary/aromatic N) is 1. The van der Waals surface area contributed by atoms with Crippen LogP contribution in [-0.2, 0) is 11.2 Å². The van der Waals surface area contributed by atoms with Crippen LogP contribution < -0.4 is 10.1 Å². The minimum absolute atomic E-state index is 0.0690. The number of carbonyl (C=O) groups excluding carboxylic acids is 1. The summed E-state index contributed by atoms with van der Waals surface area (Å²) in [4.78, 5) is 16.0. The zero-order valence-corrected chi connectivity index (χ0v) is 13.2. The molecule has 3 rings (SSSR count). The van der Waals surface area contributed by atoms with E-state index in [0.717, 1.165) is 16.7 Å². The van der Waals surface area contributed by atoms with E-state index in [9.17, 15) is 9.18 Å². The molecule has 0 saturated heterocycles. The maximum absolute atomic E-state index is 13.4. The molecule has 0 saturated carbocycles. The third kappa shape index (κ3) is 3.90. The summed E-state index contributed by atoms with van der Waals surface area (Å²) in [5.41, 5.74) is 2.60. The number of aryl methyl sites for hydroxylation is 1. The summed E-state index contributed by atoms with van der Waals surface area (Å²) in [5.74, 6) is -0.0848. The molecule has 0 fully saturated rings. The van der Waals surface area contributed by atoms with E-state index in [1.165, 1.54) is 12.1 Å². The van der Waals surface area contributed by atoms with Crippen molar-refractivity contribution in [1.82, 2.24) is 10.3 Å². The minimum Gasteiger partial charge on any atom is -0.481 e. The number of hydrogen-bond donors (Lipinski definition) is 1. The topological polar surface area (TPSA) is 64.4 Å². The number of ether oxygens (including phenoxy) is 1. The van der Waals surface area contributed by atoms with E-state index in [1.54, 1.807) is 19.1 Å². The first-order valence-electron chi connectivity index (χ1n) is 7.62. The van der Waals surface area contributed by atoms with Gasteiger partial charge in [-0.3, -0.25) is 4.79 Å². The number of benzene rings is 2. The first kappa shape index (κ1) is 16.0. The second-order valence-corrected chi connectivity index (χ2v) is 5.35. The average molecular weight is 328 g/mol. The fourth-order valence-corrected chi connectivity index (χ4v) is 2.35. The highest BCUT2D eigenvalue weighted by atomic mass is 19.1. The molecule has 1 amide bonds. The minimum atomic E-state index is -0.485. The number of rotatable bonds is 6. The maximum atomic E-state index is 13.4. The van der Waals surface area contributed by atoms with Gasteiger partial charge in [-0.2, -0.15) is 0 Å². The van der Waals surface area contributed by atoms with E-state index in [2.05, 4.69) is 10.3 Å². The van der Waals surface area contributed by atoms with Crippen molar-refractivity contribution in [2.75, 3.05) is 13.2 Å². The Kier molecular flexibility index (Phi) is 4.74. The molecule has 0 aliphatic rings. The molecule has 1 N–H and O–H groups in total. The largest absolute Gasteiger partial charge is 0.481 e. The van der Waals surface area contributed by atoms with Crippen LogP contribution in [0, 0.1) is 12.7 Å². The molecule has 2 aromatic carbocycles. The Morgan fingerprint density at radius 3 is 2.96 bits per heavy atom. The molecule has 0 unspecified atom stereocenters. The van der Waals surface area contributed by atoms with Gasteiger partial charge in [0.2, 0.25) is 0 Å². The predicted molar refractivity (Wildman–Crippen MR) is 87.4 cm³/mol. The summed E-state index contributed by atoms with van der Waals surface area (Å²) in [7, 11) is 0. The molecule has 0 aliphatic heterocycles. The Morgan fingerprint density at radius 1 is 1.29 bits per heavy atom. The van der Waals surface area contributed by atoms with E-state index >= 15 is 0 Å². The van der Waals surface area contributed by atoms with Crippen LogP contribution in [0.3, 0.4) is 0 Å². The van der Waals surface area contributed by atoms with Gasteiger partial charge in [0.25, 0.3) is 5.91 Å². The van der Waals surface area contributed by atoms with Gasteiger partial charge in [-0.25, -0.2) is 9.37 Å². The van der Waals surface area contributed by atoms with Gasteiger partial charge in [0, 0.05) is 13.5 Å². The van der Waals surface area contributed by atoms with Crippen LogP contribution >= 0.6 is 0 Å². The van der Waals surface area contributed by atoms with Crippen LogP contribution in [0.25, 0.3) is 11.1 Å². The first-order chi connectivity index (χ1) is 11.6. The van der Waals surface area contributed by atoms with E-state index in [-0.39, 0.29) is 18.3 Å². The van der Waals surface area contributed by atoms with Gasteiger partial charge < -0.3 is 14.5 Å². The summed E-state index contributed by atoms with van der Waals surface area (Å²) in [6.07, 6.45) is 0.660. The van der Waals surface area contributed by atoms with Gasteiger partial charge in [-0.1, -0.05) is 18.2 Å². The molecule has 24 heavy (non-hydrogen) atoms. The van der Waals surface area contributed by atoms with Crippen molar-refractivity contribution in [2.45, 2.75) is 13.3 Å². The lowest BCUT2D eigenvalue weighted by atomic mass is 10.1. The Morgan fingerprint density at radius 2 is 2.12 bits per heavy atom. The van der Waals surface area contributed by atoms with Gasteiger partial charge >= 0.3 is 0 Å². The summed E-state index contributed by atoms with van der Waals surface area (Å²) in [6, 6.07) is 11.7. The van der Waals surface area contributed by atoms with Crippen molar-refractivity contribution in [2.24, 2.45) is 0 Å². The van der Waals surface area contributed by atoms with Gasteiger partial charge in [-0.15, -0.1) is 0 Å². The van der Waals surface area contributed by atoms with Crippen molar-refractivity contribution in [3.8, 4) is 5.75 Å². The standard InChI is InChI=1S/C18H17FN2O3/c1-12-21-15-10-13(6-7-17(15)24-12)8-9-20-18(22)11-23-16-5-3-2-4-14(16)19/h2-7,10H,8-9,11H2,1H3,(H,20,22). The molecule has 0 spiro atoms. The Labute approximate surface area is 138 Å². The van der Waals surface area contributed by atoms with Crippen LogP contribution in [0.5, 0.6) is 5.75 Å². The van der Waals surface area contributed by atoms with E-state index in [0.29, 0.717) is 18.9 Å². The third-order valence-electron chi connectivity index (χ3n) is 3.49. The number of para-hydroxylation sites is 1. The number of nitrogens with one attached hydrogen (secondary N) is 1. The Bertz CT molecular complexity index is 860. The smallest absolute Gasteiger partial charge is 0.257 e. The fourth-order valence-electron chi connectivity index (χ4n) is 2.35. The zero-order chi connectivity index (χ0) is 16.9. The average Bonchev–Trinajstić information content (AvgIpc) is 2.93. The highest BCUT2D eigenvalue weighted by Crippen LogP contribution is 2.17. The highest BCUT2D eigenvalue weighted by Gasteiger charge is 2.07. The monoisotopic (exact) mass is 328 g/mol. The molecule has 124 valence electrons. The lowest BCUT2D eigenvalue weighted by molar-refractivity contribution is -0.123. The van der Waals surface area contributed by atoms with Gasteiger partial charge in [0.05, 0.1) is 0 Å². The molecule has 0 aliphatic carbocycles. The summed E-state index contributed by atoms with van der Waals surface area (Å²) >= 11 is 0. The van der Waals surface area contributed by atoms with Gasteiger partial charge in [0.1, 0.15) is 5.52 Å². The summed E-state index contributed by atoms with van der Waals surface area (Å²) in [6.45, 7) is 2.04. The number of halogens is 1. The van der Waals surface area contributed by atoms with Gasteiger partial charge in [0.15, 0.2) is 29.6 Å². The van der Waals surface area contributed by atoms with Crippen LogP contribution in [0.1, 0.15) is 11.5 Å². The SMILES string of the molecule is Cc1nc2cc(CCNC(=O)COc3ccccc3F)ccc2o1. The summed E-state index contributed by atoms with van der Waals surface area (Å²) in [5, 5.41) is 2.74. The van der Waals surface area contributed by atoms with Crippen LogP contribution in [0.2, 0.25) is 0 Å². The molecule has 0 bridgehead atoms. The lowest BCUT2D eigenvalue weighted by Crippen LogP contribution is -2.30. The molecule has 5 nitrogen and oxygen atoms in total. The number of carbonyl (C=O) groups is 1. The first-order valence-corrected chi connectivity index (χ1v) is 7.62. The van der Waals surface area contributed by atoms with Crippen molar-refractivity contribution in [1.29, 1.82) is 0 Å². The maximum Gasteiger partial charge on any atom is 0.257 e. The second-order valence-electron chi connectivity index (χ2n) is 5.35. The number of oxazole rings is 1. The zero-order valence-electron chi connectivity index (χ0n) is 13.2. The van der Waals surface area contributed by atoms with Crippen LogP contribution in [0.4, 0.5) is 4.39 Å². The van der Waals surface area contributed by atoms with Crippen molar-refractivity contribution >= 4 is 17.0 Å². The number of aromatic nitrogens is 1. The molecular formula is C18H17FN2O3. The normalized spacial score (nSPS) is 10.8. The Hall–Kier alpha value is -2.89. The van der Waals surface area contributed by atoms with Crippen molar-refractivity contribution in [3.63, 3.8) is 0 Å². The number of fused-ring (bicyclic) bond motifs is 1. The van der Waals surface area contributed by atoms with Crippen LogP contribution in [-0.4, -0.2) is 24.0 Å². The van der Waals surface area contributed by atoms with Crippen molar-refractivity contribution in [3.05, 3.63) is 59.7 Å². The van der Waals surface area contributed by atoms with Crippen LogP contribution in [0.15, 0.2) is 46.9 Å². The second kappa shape index (κ2) is 7.12. The molecule has 3 aromatic rings. The number of hydrogen-bond acceptors (Lipinski definition) is 4. The van der Waals surface area contributed by atoms with Gasteiger partial charge in [-0.05, 0) is 36.2 Å².